The number of pyridine rings is 1. The van der Waals surface area contributed by atoms with Crippen LogP contribution in [0.25, 0.3) is 0 Å². The Morgan fingerprint density at radius 3 is 2.52 bits per heavy atom. The van der Waals surface area contributed by atoms with Crippen molar-refractivity contribution in [2.75, 3.05) is 33.3 Å². The summed E-state index contributed by atoms with van der Waals surface area (Å²) in [5.41, 5.74) is 0.356. The van der Waals surface area contributed by atoms with Crippen molar-refractivity contribution >= 4 is 11.9 Å². The van der Waals surface area contributed by atoms with Crippen LogP contribution in [0.2, 0.25) is 0 Å². The predicted octanol–water partition coefficient (Wildman–Crippen LogP) is 1.33. The highest BCUT2D eigenvalue weighted by Gasteiger charge is 2.12. The second-order valence-corrected chi connectivity index (χ2v) is 4.54. The summed E-state index contributed by atoms with van der Waals surface area (Å²) in [7, 11) is 1.28. The van der Waals surface area contributed by atoms with E-state index in [2.05, 4.69) is 33.8 Å². The maximum Gasteiger partial charge on any atom is 0.356 e. The van der Waals surface area contributed by atoms with Crippen LogP contribution in [-0.2, 0) is 4.74 Å². The van der Waals surface area contributed by atoms with Gasteiger partial charge in [0.05, 0.1) is 7.11 Å². The highest BCUT2D eigenvalue weighted by atomic mass is 16.5. The monoisotopic (exact) mass is 293 g/mol. The summed E-state index contributed by atoms with van der Waals surface area (Å²) in [5, 5.41) is 2.81. The fraction of sp³-hybridized carbons (Fsp3) is 0.533. The average molecular weight is 293 g/mol. The molecule has 21 heavy (non-hydrogen) atoms. The molecule has 0 aliphatic heterocycles. The number of carbonyl (C=O) groups excluding carboxylic acids is 2. The molecule has 0 aliphatic rings. The van der Waals surface area contributed by atoms with Gasteiger partial charge < -0.3 is 15.0 Å². The van der Waals surface area contributed by atoms with Crippen molar-refractivity contribution in [1.29, 1.82) is 0 Å². The lowest BCUT2D eigenvalue weighted by Crippen LogP contribution is -2.30. The summed E-state index contributed by atoms with van der Waals surface area (Å²) in [5.74, 6) is -0.827. The van der Waals surface area contributed by atoms with Crippen LogP contribution in [0.15, 0.2) is 18.2 Å². The van der Waals surface area contributed by atoms with Crippen LogP contribution >= 0.6 is 0 Å². The van der Waals surface area contributed by atoms with Crippen molar-refractivity contribution in [3.63, 3.8) is 0 Å². The lowest BCUT2D eigenvalue weighted by Gasteiger charge is -2.17. The van der Waals surface area contributed by atoms with Crippen LogP contribution in [0.5, 0.6) is 0 Å². The van der Waals surface area contributed by atoms with Crippen molar-refractivity contribution in [2.45, 2.75) is 20.3 Å². The van der Waals surface area contributed by atoms with Crippen LogP contribution in [0.4, 0.5) is 0 Å². The van der Waals surface area contributed by atoms with E-state index in [-0.39, 0.29) is 17.3 Å². The third-order valence-electron chi connectivity index (χ3n) is 3.21. The maximum atomic E-state index is 12.0. The number of nitrogens with zero attached hydrogens (tertiary/aromatic N) is 2. The first-order chi connectivity index (χ1) is 10.1. The first-order valence-corrected chi connectivity index (χ1v) is 7.18. The SMILES string of the molecule is CCN(CC)CCCNC(=O)c1cccc(C(=O)OC)n1. The molecular formula is C15H23N3O3. The zero-order chi connectivity index (χ0) is 15.7. The van der Waals surface area contributed by atoms with Gasteiger partial charge in [-0.05, 0) is 38.2 Å². The molecule has 0 radical (unpaired) electrons. The van der Waals surface area contributed by atoms with Crippen LogP contribution in [0.3, 0.4) is 0 Å². The van der Waals surface area contributed by atoms with Crippen molar-refractivity contribution in [2.24, 2.45) is 0 Å². The second-order valence-electron chi connectivity index (χ2n) is 4.54. The van der Waals surface area contributed by atoms with E-state index in [9.17, 15) is 9.59 Å². The van der Waals surface area contributed by atoms with E-state index in [4.69, 9.17) is 0 Å². The Kier molecular flexibility index (Phi) is 7.39. The Labute approximate surface area is 125 Å². The van der Waals surface area contributed by atoms with Crippen LogP contribution in [-0.4, -0.2) is 55.0 Å². The maximum absolute atomic E-state index is 12.0. The number of methoxy groups -OCH3 is 1. The lowest BCUT2D eigenvalue weighted by atomic mass is 10.3. The molecule has 1 amide bonds. The number of amides is 1. The van der Waals surface area contributed by atoms with Gasteiger partial charge in [-0.3, -0.25) is 4.79 Å². The van der Waals surface area contributed by atoms with Gasteiger partial charge in [-0.2, -0.15) is 0 Å². The fourth-order valence-corrected chi connectivity index (χ4v) is 1.91. The number of esters is 1. The summed E-state index contributed by atoms with van der Waals surface area (Å²) in [6.45, 7) is 7.78. The smallest absolute Gasteiger partial charge is 0.356 e. The van der Waals surface area contributed by atoms with Gasteiger partial charge in [0.15, 0.2) is 0 Å². The second kappa shape index (κ2) is 9.07. The third kappa shape index (κ3) is 5.51. The molecule has 1 aromatic heterocycles. The zero-order valence-corrected chi connectivity index (χ0v) is 12.9. The van der Waals surface area contributed by atoms with Gasteiger partial charge in [0.2, 0.25) is 0 Å². The van der Waals surface area contributed by atoms with Gasteiger partial charge in [0.1, 0.15) is 11.4 Å². The first-order valence-electron chi connectivity index (χ1n) is 7.18. The molecule has 0 saturated carbocycles. The summed E-state index contributed by atoms with van der Waals surface area (Å²) in [6.07, 6.45) is 0.879. The molecule has 0 aliphatic carbocycles. The van der Waals surface area contributed by atoms with E-state index in [0.29, 0.717) is 6.54 Å². The van der Waals surface area contributed by atoms with Gasteiger partial charge in [0, 0.05) is 6.54 Å². The molecule has 1 rings (SSSR count). The molecule has 6 nitrogen and oxygen atoms in total. The molecule has 1 heterocycles. The van der Waals surface area contributed by atoms with Crippen LogP contribution in [0.1, 0.15) is 41.2 Å². The van der Waals surface area contributed by atoms with Crippen molar-refractivity contribution in [3.8, 4) is 0 Å². The van der Waals surface area contributed by atoms with Gasteiger partial charge in [-0.25, -0.2) is 9.78 Å². The lowest BCUT2D eigenvalue weighted by molar-refractivity contribution is 0.0594. The van der Waals surface area contributed by atoms with Gasteiger partial charge in [-0.15, -0.1) is 0 Å². The summed E-state index contributed by atoms with van der Waals surface area (Å²) in [4.78, 5) is 29.6. The minimum absolute atomic E-state index is 0.133. The standard InChI is InChI=1S/C15H23N3O3/c1-4-18(5-2)11-7-10-16-14(19)12-8-6-9-13(17-12)15(20)21-3/h6,8-9H,4-5,7,10-11H2,1-3H3,(H,16,19). The van der Waals surface area contributed by atoms with Crippen molar-refractivity contribution < 1.29 is 14.3 Å². The molecule has 0 bridgehead atoms. The molecule has 1 aromatic rings. The summed E-state index contributed by atoms with van der Waals surface area (Å²) >= 11 is 0. The first kappa shape index (κ1) is 17.1. The minimum Gasteiger partial charge on any atom is -0.464 e. The van der Waals surface area contributed by atoms with E-state index in [1.807, 2.05) is 0 Å². The van der Waals surface area contributed by atoms with Crippen LogP contribution < -0.4 is 5.32 Å². The Morgan fingerprint density at radius 1 is 1.24 bits per heavy atom. The van der Waals surface area contributed by atoms with E-state index in [0.717, 1.165) is 26.1 Å². The van der Waals surface area contributed by atoms with Gasteiger partial charge >= 0.3 is 5.97 Å². The molecule has 0 fully saturated rings. The molecule has 6 heteroatoms. The van der Waals surface area contributed by atoms with E-state index in [1.54, 1.807) is 12.1 Å². The van der Waals surface area contributed by atoms with Crippen LogP contribution in [0, 0.1) is 0 Å². The van der Waals surface area contributed by atoms with Gasteiger partial charge in [-0.1, -0.05) is 19.9 Å². The highest BCUT2D eigenvalue weighted by molar-refractivity contribution is 5.94. The van der Waals surface area contributed by atoms with E-state index >= 15 is 0 Å². The molecule has 0 spiro atoms. The van der Waals surface area contributed by atoms with E-state index in [1.165, 1.54) is 13.2 Å². The number of carbonyl (C=O) groups is 2. The number of aromatic nitrogens is 1. The quantitative estimate of drug-likeness (QED) is 0.578. The average Bonchev–Trinajstić information content (AvgIpc) is 2.54. The summed E-state index contributed by atoms with van der Waals surface area (Å²) in [6, 6.07) is 4.71. The van der Waals surface area contributed by atoms with Crippen molar-refractivity contribution in [3.05, 3.63) is 29.6 Å². The molecule has 0 atom stereocenters. The Morgan fingerprint density at radius 2 is 1.90 bits per heavy atom. The Hall–Kier alpha value is -1.95. The highest BCUT2D eigenvalue weighted by Crippen LogP contribution is 2.01. The normalized spacial score (nSPS) is 10.5. The summed E-state index contributed by atoms with van der Waals surface area (Å²) < 4.78 is 4.58. The number of hydrogen-bond donors (Lipinski definition) is 1. The third-order valence-corrected chi connectivity index (χ3v) is 3.21. The topological polar surface area (TPSA) is 71.5 Å². The number of rotatable bonds is 8. The fourth-order valence-electron chi connectivity index (χ4n) is 1.91. The van der Waals surface area contributed by atoms with E-state index < -0.39 is 5.97 Å². The predicted molar refractivity (Wildman–Crippen MR) is 80.3 cm³/mol. The largest absolute Gasteiger partial charge is 0.464 e. The number of nitrogens with one attached hydrogen (secondary N) is 1. The zero-order valence-electron chi connectivity index (χ0n) is 12.9. The van der Waals surface area contributed by atoms with Crippen molar-refractivity contribution in [1.82, 2.24) is 15.2 Å². The molecule has 0 unspecified atom stereocenters. The Bertz CT molecular complexity index is 473. The molecular weight excluding hydrogens is 270 g/mol. The van der Waals surface area contributed by atoms with Gasteiger partial charge in [0.25, 0.3) is 5.91 Å². The molecule has 116 valence electrons. The number of hydrogen-bond acceptors (Lipinski definition) is 5. The number of ether oxygens (including phenoxy) is 1. The molecule has 0 aromatic carbocycles. The Balaban J connectivity index is 2.47. The molecule has 1 N–H and O–H groups in total. The minimum atomic E-state index is -0.550. The molecule has 0 saturated heterocycles.